The minimum atomic E-state index is -3.31. The number of carbonyl (C=O) groups excluding carboxylic acids is 2. The molecule has 0 radical (unpaired) electrons. The minimum Gasteiger partial charge on any atom is -0.486 e. The molecular formula is C36H32F4N4O8S2. The topological polar surface area (TPSA) is 189 Å². The first-order chi connectivity index (χ1) is 25.3. The van der Waals surface area contributed by atoms with Crippen LogP contribution in [0.3, 0.4) is 0 Å². The molecule has 0 bridgehead atoms. The lowest BCUT2D eigenvalue weighted by molar-refractivity contribution is -0.0415. The molecule has 0 saturated carbocycles. The Kier molecular flexibility index (Phi) is 11.4. The fourth-order valence-electron chi connectivity index (χ4n) is 5.07. The first-order valence-electron chi connectivity index (χ1n) is 15.7. The summed E-state index contributed by atoms with van der Waals surface area (Å²) in [6, 6.07) is 9.21. The molecule has 4 heterocycles. The second-order valence-electron chi connectivity index (χ2n) is 12.4. The molecule has 0 fully saturated rings. The van der Waals surface area contributed by atoms with Crippen molar-refractivity contribution in [2.24, 2.45) is 11.5 Å². The van der Waals surface area contributed by atoms with E-state index >= 15 is 0 Å². The van der Waals surface area contributed by atoms with Crippen LogP contribution in [0.1, 0.15) is 54.3 Å². The average molecular weight is 789 g/mol. The van der Waals surface area contributed by atoms with Crippen LogP contribution >= 0.6 is 22.7 Å². The minimum absolute atomic E-state index is 0.0124. The third kappa shape index (κ3) is 8.99. The number of fused-ring (bicyclic) bond motifs is 6. The van der Waals surface area contributed by atoms with Crippen LogP contribution < -0.4 is 20.9 Å². The van der Waals surface area contributed by atoms with E-state index in [0.717, 1.165) is 0 Å². The van der Waals surface area contributed by atoms with Crippen molar-refractivity contribution in [3.8, 4) is 57.7 Å². The van der Waals surface area contributed by atoms with Gasteiger partial charge in [0.25, 0.3) is 11.8 Å². The van der Waals surface area contributed by atoms with E-state index in [1.165, 1.54) is 52.3 Å². The molecule has 2 aliphatic heterocycles. The van der Waals surface area contributed by atoms with Gasteiger partial charge in [-0.1, -0.05) is 23.7 Å². The molecule has 2 aromatic heterocycles. The largest absolute Gasteiger partial charge is 0.486 e. The Labute approximate surface area is 314 Å². The number of hydrogen-bond acceptors (Lipinski definition) is 12. The van der Waals surface area contributed by atoms with Gasteiger partial charge in [0.15, 0.2) is 23.2 Å². The monoisotopic (exact) mass is 788 g/mol. The van der Waals surface area contributed by atoms with Crippen molar-refractivity contribution in [1.82, 2.24) is 9.97 Å². The number of benzene rings is 2. The predicted octanol–water partition coefficient (Wildman–Crippen LogP) is 4.28. The zero-order chi connectivity index (χ0) is 39.6. The number of halogens is 4. The van der Waals surface area contributed by atoms with Gasteiger partial charge in [-0.2, -0.15) is 17.6 Å². The van der Waals surface area contributed by atoms with Crippen molar-refractivity contribution in [3.63, 3.8) is 0 Å². The van der Waals surface area contributed by atoms with Gasteiger partial charge in [0.1, 0.15) is 32.5 Å². The van der Waals surface area contributed by atoms with Crippen LogP contribution in [-0.2, 0) is 21.3 Å². The summed E-state index contributed by atoms with van der Waals surface area (Å²) in [5.74, 6) is 2.91. The number of hydrogen-bond donors (Lipinski definition) is 4. The van der Waals surface area contributed by atoms with Crippen LogP contribution in [0.2, 0.25) is 0 Å². The van der Waals surface area contributed by atoms with Crippen LogP contribution in [0.4, 0.5) is 17.6 Å². The number of carbonyl (C=O) groups is 2. The second-order valence-corrected chi connectivity index (χ2v) is 14.4. The van der Waals surface area contributed by atoms with Crippen LogP contribution in [0.25, 0.3) is 22.5 Å². The number of ether oxygens (including phenoxy) is 4. The number of aliphatic hydroxyl groups is 2. The van der Waals surface area contributed by atoms with E-state index in [2.05, 4.69) is 33.6 Å². The lowest BCUT2D eigenvalue weighted by Gasteiger charge is -2.14. The highest BCUT2D eigenvalue weighted by Crippen LogP contribution is 2.47. The molecule has 12 nitrogen and oxygen atoms in total. The number of thiazole rings is 2. The number of rotatable bonds is 6. The maximum atomic E-state index is 14.4. The molecular weight excluding hydrogens is 757 g/mol. The van der Waals surface area contributed by atoms with Crippen LogP contribution in [0.5, 0.6) is 11.5 Å². The maximum absolute atomic E-state index is 14.4. The van der Waals surface area contributed by atoms with Crippen molar-refractivity contribution in [2.75, 3.05) is 40.6 Å². The third-order valence-electron chi connectivity index (χ3n) is 7.43. The van der Waals surface area contributed by atoms with Gasteiger partial charge in [-0.15, -0.1) is 22.7 Å². The highest BCUT2D eigenvalue weighted by molar-refractivity contribution is 7.14. The summed E-state index contributed by atoms with van der Waals surface area (Å²) in [6.45, 7) is 1.27. The number of methoxy groups -OCH3 is 2. The fraction of sp³-hybridized carbons (Fsp3) is 0.333. The lowest BCUT2D eigenvalue weighted by Crippen LogP contribution is -2.27. The number of alkyl halides is 4. The lowest BCUT2D eigenvalue weighted by atomic mass is 10.0. The Morgan fingerprint density at radius 1 is 0.778 bits per heavy atom. The van der Waals surface area contributed by atoms with Crippen LogP contribution in [0.15, 0.2) is 36.4 Å². The molecule has 2 aliphatic rings. The van der Waals surface area contributed by atoms with Crippen molar-refractivity contribution < 1.29 is 56.3 Å². The Balaban J connectivity index is 0.000000208. The molecule has 284 valence electrons. The third-order valence-corrected chi connectivity index (χ3v) is 9.79. The molecule has 4 aromatic rings. The number of primary amides is 2. The van der Waals surface area contributed by atoms with Crippen molar-refractivity contribution >= 4 is 34.5 Å². The van der Waals surface area contributed by atoms with E-state index in [1.807, 2.05) is 0 Å². The average Bonchev–Trinajstić information content (AvgIpc) is 3.72. The second kappa shape index (κ2) is 15.3. The summed E-state index contributed by atoms with van der Waals surface area (Å²) < 4.78 is 77.9. The van der Waals surface area contributed by atoms with Crippen molar-refractivity contribution in [2.45, 2.75) is 36.9 Å². The van der Waals surface area contributed by atoms with Crippen LogP contribution in [0, 0.1) is 23.7 Å². The molecule has 2 aromatic carbocycles. The van der Waals surface area contributed by atoms with E-state index < -0.39 is 48.1 Å². The molecule has 6 rings (SSSR count). The first kappa shape index (κ1) is 40.1. The van der Waals surface area contributed by atoms with E-state index in [9.17, 15) is 37.4 Å². The summed E-state index contributed by atoms with van der Waals surface area (Å²) >= 11 is 1.10. The molecule has 0 aliphatic carbocycles. The molecule has 0 saturated heterocycles. The molecule has 0 unspecified atom stereocenters. The first-order valence-corrected chi connectivity index (χ1v) is 17.3. The quantitative estimate of drug-likeness (QED) is 0.162. The Morgan fingerprint density at radius 3 is 1.48 bits per heavy atom. The van der Waals surface area contributed by atoms with Gasteiger partial charge in [0, 0.05) is 36.5 Å². The smallest absolute Gasteiger partial charge is 0.317 e. The zero-order valence-corrected chi connectivity index (χ0v) is 30.6. The Bertz CT molecular complexity index is 2080. The van der Waals surface area contributed by atoms with Gasteiger partial charge >= 0.3 is 11.8 Å². The normalized spacial score (nSPS) is 16.6. The summed E-state index contributed by atoms with van der Waals surface area (Å²) in [7, 11) is 2.88. The molecule has 54 heavy (non-hydrogen) atoms. The molecule has 18 heteroatoms. The highest BCUT2D eigenvalue weighted by atomic mass is 32.1. The van der Waals surface area contributed by atoms with Gasteiger partial charge in [0.2, 0.25) is 0 Å². The molecule has 6 N–H and O–H groups in total. The summed E-state index contributed by atoms with van der Waals surface area (Å²) in [4.78, 5) is 30.0. The van der Waals surface area contributed by atoms with Crippen molar-refractivity contribution in [1.29, 1.82) is 0 Å². The maximum Gasteiger partial charge on any atom is 0.317 e. The van der Waals surface area contributed by atoms with Gasteiger partial charge < -0.3 is 40.6 Å². The standard InChI is InChI=1S/2C18H16F2N2O4S/c2*1-17(24,8-25-2)6-5-10-3-4-12-11(7-10)13-14(18(19,20)9-26-12)27-16(22-13)15(21)23/h2*3-4,7,24H,8-9H2,1-2H3,(H2,21,23)/t2*17-/m10/s1. The van der Waals surface area contributed by atoms with E-state index in [-0.39, 0.29) is 67.0 Å². The molecule has 2 amide bonds. The number of nitrogens with two attached hydrogens (primary N) is 2. The number of aromatic nitrogens is 2. The fourth-order valence-corrected chi connectivity index (χ4v) is 6.85. The zero-order valence-electron chi connectivity index (χ0n) is 29.0. The molecule has 2 atom stereocenters. The predicted molar refractivity (Wildman–Crippen MR) is 190 cm³/mol. The van der Waals surface area contributed by atoms with Gasteiger partial charge in [-0.3, -0.25) is 9.59 Å². The SMILES string of the molecule is COC[C@@](C)(O)C#Cc1ccc2c(c1)-c1nc(C(N)=O)sc1C(F)(F)CO2.COC[C@](C)(O)C#Cc1ccc2c(c1)-c1nc(C(N)=O)sc1C(F)(F)CO2. The van der Waals surface area contributed by atoms with Crippen LogP contribution in [-0.4, -0.2) is 83.8 Å². The van der Waals surface area contributed by atoms with Gasteiger partial charge in [-0.05, 0) is 50.2 Å². The number of nitrogens with zero attached hydrogens (tertiary/aromatic N) is 2. The van der Waals surface area contributed by atoms with E-state index in [4.69, 9.17) is 30.4 Å². The summed E-state index contributed by atoms with van der Waals surface area (Å²) in [5, 5.41) is 19.7. The molecule has 0 spiro atoms. The summed E-state index contributed by atoms with van der Waals surface area (Å²) in [6.07, 6.45) is 0. The summed E-state index contributed by atoms with van der Waals surface area (Å²) in [5.41, 5.74) is 9.03. The number of amides is 2. The Morgan fingerprint density at radius 2 is 1.15 bits per heavy atom. The van der Waals surface area contributed by atoms with E-state index in [1.54, 1.807) is 12.1 Å². The van der Waals surface area contributed by atoms with E-state index in [0.29, 0.717) is 33.8 Å². The van der Waals surface area contributed by atoms with Crippen molar-refractivity contribution in [3.05, 3.63) is 67.3 Å². The Hall–Kier alpha value is -5.08. The van der Waals surface area contributed by atoms with Gasteiger partial charge in [-0.25, -0.2) is 9.97 Å². The highest BCUT2D eigenvalue weighted by Gasteiger charge is 2.43. The van der Waals surface area contributed by atoms with Gasteiger partial charge in [0.05, 0.1) is 24.6 Å².